The van der Waals surface area contributed by atoms with Crippen LogP contribution in [0.4, 0.5) is 0 Å². The second-order valence-corrected chi connectivity index (χ2v) is 5.93. The molecule has 0 saturated carbocycles. The van der Waals surface area contributed by atoms with Gasteiger partial charge in [-0.15, -0.1) is 0 Å². The SMILES string of the molecule is CC(OC(=O)c1cc2ccccc2[nH]1)C(=O)c1c[nH]c2ccccc12. The predicted molar refractivity (Wildman–Crippen MR) is 95.8 cm³/mol. The fourth-order valence-electron chi connectivity index (χ4n) is 2.96. The third-order valence-corrected chi connectivity index (χ3v) is 4.26. The fourth-order valence-corrected chi connectivity index (χ4v) is 2.96. The Balaban J connectivity index is 1.55. The van der Waals surface area contributed by atoms with Crippen LogP contribution in [0, 0.1) is 0 Å². The van der Waals surface area contributed by atoms with Crippen molar-refractivity contribution in [3.63, 3.8) is 0 Å². The minimum atomic E-state index is -0.877. The Labute approximate surface area is 143 Å². The van der Waals surface area contributed by atoms with Crippen LogP contribution in [0.3, 0.4) is 0 Å². The van der Waals surface area contributed by atoms with Gasteiger partial charge in [0, 0.05) is 33.6 Å². The lowest BCUT2D eigenvalue weighted by molar-refractivity contribution is 0.0314. The Bertz CT molecular complexity index is 1060. The second kappa shape index (κ2) is 5.94. The highest BCUT2D eigenvalue weighted by Crippen LogP contribution is 2.21. The van der Waals surface area contributed by atoms with E-state index in [4.69, 9.17) is 4.74 Å². The highest BCUT2D eigenvalue weighted by atomic mass is 16.5. The van der Waals surface area contributed by atoms with Crippen LogP contribution in [-0.4, -0.2) is 27.8 Å². The first-order valence-electron chi connectivity index (χ1n) is 8.02. The van der Waals surface area contributed by atoms with Crippen molar-refractivity contribution in [3.8, 4) is 0 Å². The van der Waals surface area contributed by atoms with Crippen LogP contribution in [-0.2, 0) is 4.74 Å². The lowest BCUT2D eigenvalue weighted by Gasteiger charge is -2.11. The van der Waals surface area contributed by atoms with Gasteiger partial charge >= 0.3 is 5.97 Å². The van der Waals surface area contributed by atoms with Gasteiger partial charge in [0.1, 0.15) is 5.69 Å². The van der Waals surface area contributed by atoms with E-state index in [9.17, 15) is 9.59 Å². The Morgan fingerprint density at radius 2 is 1.72 bits per heavy atom. The van der Waals surface area contributed by atoms with E-state index < -0.39 is 12.1 Å². The van der Waals surface area contributed by atoms with E-state index in [-0.39, 0.29) is 5.78 Å². The zero-order valence-corrected chi connectivity index (χ0v) is 13.6. The molecule has 4 aromatic rings. The molecule has 4 rings (SSSR count). The van der Waals surface area contributed by atoms with E-state index in [0.717, 1.165) is 21.8 Å². The van der Waals surface area contributed by atoms with Gasteiger partial charge in [0.25, 0.3) is 0 Å². The van der Waals surface area contributed by atoms with Crippen molar-refractivity contribution >= 4 is 33.6 Å². The van der Waals surface area contributed by atoms with Crippen LogP contribution < -0.4 is 0 Å². The van der Waals surface area contributed by atoms with Crippen LogP contribution in [0.2, 0.25) is 0 Å². The topological polar surface area (TPSA) is 75.0 Å². The summed E-state index contributed by atoms with van der Waals surface area (Å²) < 4.78 is 5.37. The van der Waals surface area contributed by atoms with Crippen LogP contribution >= 0.6 is 0 Å². The van der Waals surface area contributed by atoms with Gasteiger partial charge in [0.15, 0.2) is 6.10 Å². The average molecular weight is 332 g/mol. The van der Waals surface area contributed by atoms with Crippen molar-refractivity contribution < 1.29 is 14.3 Å². The lowest BCUT2D eigenvalue weighted by atomic mass is 10.1. The number of carbonyl (C=O) groups is 2. The molecule has 0 fully saturated rings. The number of carbonyl (C=O) groups excluding carboxylic acids is 2. The Hall–Kier alpha value is -3.34. The van der Waals surface area contributed by atoms with Crippen LogP contribution in [0.5, 0.6) is 0 Å². The maximum Gasteiger partial charge on any atom is 0.355 e. The van der Waals surface area contributed by atoms with Gasteiger partial charge in [-0.3, -0.25) is 4.79 Å². The molecule has 0 saturated heterocycles. The van der Waals surface area contributed by atoms with Gasteiger partial charge < -0.3 is 14.7 Å². The minimum Gasteiger partial charge on any atom is -0.450 e. The third-order valence-electron chi connectivity index (χ3n) is 4.26. The number of benzene rings is 2. The van der Waals surface area contributed by atoms with Crippen molar-refractivity contribution in [2.45, 2.75) is 13.0 Å². The molecule has 2 aromatic heterocycles. The van der Waals surface area contributed by atoms with Crippen LogP contribution in [0.1, 0.15) is 27.8 Å². The number of ether oxygens (including phenoxy) is 1. The molecule has 5 nitrogen and oxygen atoms in total. The zero-order chi connectivity index (χ0) is 17.4. The van der Waals surface area contributed by atoms with Crippen molar-refractivity contribution in [1.29, 1.82) is 0 Å². The third kappa shape index (κ3) is 2.70. The number of Topliss-reactive ketones (excluding diaryl/α,β-unsaturated/α-hetero) is 1. The molecule has 124 valence electrons. The monoisotopic (exact) mass is 332 g/mol. The molecule has 0 aliphatic heterocycles. The highest BCUT2D eigenvalue weighted by Gasteiger charge is 2.23. The summed E-state index contributed by atoms with van der Waals surface area (Å²) in [5.74, 6) is -0.779. The molecule has 0 amide bonds. The van der Waals surface area contributed by atoms with Crippen molar-refractivity contribution in [1.82, 2.24) is 9.97 Å². The number of ketones is 1. The molecule has 2 heterocycles. The molecule has 25 heavy (non-hydrogen) atoms. The molecule has 2 N–H and O–H groups in total. The molecule has 0 radical (unpaired) electrons. The first-order valence-corrected chi connectivity index (χ1v) is 8.02. The van der Waals surface area contributed by atoms with Gasteiger partial charge in [-0.25, -0.2) is 4.79 Å². The maximum absolute atomic E-state index is 12.7. The number of H-pyrrole nitrogens is 2. The number of hydrogen-bond acceptors (Lipinski definition) is 3. The maximum atomic E-state index is 12.7. The molecule has 1 unspecified atom stereocenters. The summed E-state index contributed by atoms with van der Waals surface area (Å²) in [7, 11) is 0. The van der Waals surface area contributed by atoms with E-state index in [1.165, 1.54) is 0 Å². The second-order valence-electron chi connectivity index (χ2n) is 5.93. The number of hydrogen-bond donors (Lipinski definition) is 2. The Kier molecular flexibility index (Phi) is 3.61. The number of aromatic nitrogens is 2. The van der Waals surface area contributed by atoms with Crippen molar-refractivity contribution in [3.05, 3.63) is 72.1 Å². The molecular formula is C20H16N2O3. The van der Waals surface area contributed by atoms with E-state index in [1.54, 1.807) is 19.2 Å². The van der Waals surface area contributed by atoms with Gasteiger partial charge in [0.2, 0.25) is 5.78 Å². The summed E-state index contributed by atoms with van der Waals surface area (Å²) in [5.41, 5.74) is 2.58. The highest BCUT2D eigenvalue weighted by molar-refractivity contribution is 6.10. The number of nitrogens with one attached hydrogen (secondary N) is 2. The van der Waals surface area contributed by atoms with Gasteiger partial charge in [0.05, 0.1) is 0 Å². The zero-order valence-electron chi connectivity index (χ0n) is 13.6. The van der Waals surface area contributed by atoms with Crippen LogP contribution in [0.15, 0.2) is 60.8 Å². The van der Waals surface area contributed by atoms with Crippen molar-refractivity contribution in [2.75, 3.05) is 0 Å². The lowest BCUT2D eigenvalue weighted by Crippen LogP contribution is -2.24. The van der Waals surface area contributed by atoms with E-state index in [1.807, 2.05) is 48.5 Å². The number of rotatable bonds is 4. The number of fused-ring (bicyclic) bond motifs is 2. The standard InChI is InChI=1S/C20H16N2O3/c1-12(19(23)15-11-21-17-9-5-3-7-14(15)17)25-20(24)18-10-13-6-2-4-8-16(13)22-18/h2-12,21-22H,1H3. The molecular weight excluding hydrogens is 316 g/mol. The number of para-hydroxylation sites is 2. The van der Waals surface area contributed by atoms with Gasteiger partial charge in [-0.05, 0) is 25.1 Å². The normalized spacial score (nSPS) is 12.4. The first-order chi connectivity index (χ1) is 12.1. The summed E-state index contributed by atoms with van der Waals surface area (Å²) >= 11 is 0. The molecule has 5 heteroatoms. The Morgan fingerprint density at radius 1 is 1.00 bits per heavy atom. The fraction of sp³-hybridized carbons (Fsp3) is 0.100. The summed E-state index contributed by atoms with van der Waals surface area (Å²) in [5, 5.41) is 1.74. The summed E-state index contributed by atoms with van der Waals surface area (Å²) in [6.07, 6.45) is 0.776. The van der Waals surface area contributed by atoms with Gasteiger partial charge in [-0.1, -0.05) is 36.4 Å². The molecule has 1 atom stereocenters. The van der Waals surface area contributed by atoms with E-state index in [2.05, 4.69) is 9.97 Å². The molecule has 2 aromatic carbocycles. The van der Waals surface area contributed by atoms with E-state index >= 15 is 0 Å². The van der Waals surface area contributed by atoms with Gasteiger partial charge in [-0.2, -0.15) is 0 Å². The van der Waals surface area contributed by atoms with E-state index in [0.29, 0.717) is 11.3 Å². The van der Waals surface area contributed by atoms with Crippen LogP contribution in [0.25, 0.3) is 21.8 Å². The Morgan fingerprint density at radius 3 is 2.52 bits per heavy atom. The minimum absolute atomic E-state index is 0.234. The summed E-state index contributed by atoms with van der Waals surface area (Å²) in [4.78, 5) is 31.1. The molecule has 0 spiro atoms. The molecule has 0 aliphatic rings. The summed E-state index contributed by atoms with van der Waals surface area (Å²) in [6, 6.07) is 16.8. The van der Waals surface area contributed by atoms with Crippen molar-refractivity contribution in [2.24, 2.45) is 0 Å². The number of esters is 1. The predicted octanol–water partition coefficient (Wildman–Crippen LogP) is 4.08. The quantitative estimate of drug-likeness (QED) is 0.437. The smallest absolute Gasteiger partial charge is 0.355 e. The summed E-state index contributed by atoms with van der Waals surface area (Å²) in [6.45, 7) is 1.59. The largest absolute Gasteiger partial charge is 0.450 e. The number of aromatic amines is 2. The average Bonchev–Trinajstić information content (AvgIpc) is 3.25. The molecule has 0 bridgehead atoms. The molecule has 0 aliphatic carbocycles. The first kappa shape index (κ1) is 15.2.